The van der Waals surface area contributed by atoms with E-state index in [4.69, 9.17) is 5.84 Å². The number of rotatable bonds is 2. The molecule has 3 nitrogen and oxygen atoms in total. The Morgan fingerprint density at radius 3 is 1.80 bits per heavy atom. The van der Waals surface area contributed by atoms with Crippen molar-refractivity contribution in [3.63, 3.8) is 0 Å². The van der Waals surface area contributed by atoms with Crippen LogP contribution in [0.25, 0.3) is 0 Å². The van der Waals surface area contributed by atoms with Crippen LogP contribution in [-0.2, 0) is 0 Å². The molecule has 20 heavy (non-hydrogen) atoms. The molecule has 0 radical (unpaired) electrons. The zero-order valence-electron chi connectivity index (χ0n) is 10.3. The van der Waals surface area contributed by atoms with Crippen LogP contribution in [-0.4, -0.2) is 11.9 Å². The molecular weight excluding hydrogens is 281 g/mol. The lowest BCUT2D eigenvalue weighted by molar-refractivity contribution is 0.376. The largest absolute Gasteiger partial charge is 0.308 e. The fraction of sp³-hybridized carbons (Fsp3) is 0.417. The van der Waals surface area contributed by atoms with Crippen LogP contribution < -0.4 is 11.3 Å². The van der Waals surface area contributed by atoms with Crippen molar-refractivity contribution in [1.29, 1.82) is 0 Å². The Labute approximate surface area is 111 Å². The standard InChI is InChI=1S/C12H12F5N3/c13-7-6(8(14)10(16)11(17)9(7)15)12(20-18)19-5-3-1-2-4-5/h5H,1-4,18H2,(H,19,20). The Bertz CT molecular complexity index is 524. The normalized spacial score (nSPS) is 16.8. The molecule has 0 bridgehead atoms. The fourth-order valence-electron chi connectivity index (χ4n) is 2.20. The summed E-state index contributed by atoms with van der Waals surface area (Å²) in [6.07, 6.45) is 3.15. The van der Waals surface area contributed by atoms with E-state index in [-0.39, 0.29) is 6.04 Å². The highest BCUT2D eigenvalue weighted by Crippen LogP contribution is 2.25. The van der Waals surface area contributed by atoms with Crippen molar-refractivity contribution in [2.75, 3.05) is 0 Å². The zero-order valence-corrected chi connectivity index (χ0v) is 10.3. The molecule has 1 aliphatic carbocycles. The van der Waals surface area contributed by atoms with E-state index in [2.05, 4.69) is 4.99 Å². The van der Waals surface area contributed by atoms with Crippen LogP contribution in [0.4, 0.5) is 22.0 Å². The Morgan fingerprint density at radius 2 is 1.35 bits per heavy atom. The summed E-state index contributed by atoms with van der Waals surface area (Å²) in [5, 5.41) is 0. The second kappa shape index (κ2) is 5.74. The molecule has 0 aromatic heterocycles. The molecule has 1 fully saturated rings. The molecule has 1 aromatic carbocycles. The van der Waals surface area contributed by atoms with Crippen LogP contribution in [0, 0.1) is 29.1 Å². The first-order valence-corrected chi connectivity index (χ1v) is 6.03. The highest BCUT2D eigenvalue weighted by Gasteiger charge is 2.29. The molecule has 0 amide bonds. The van der Waals surface area contributed by atoms with Crippen molar-refractivity contribution in [1.82, 2.24) is 5.43 Å². The number of hydrazine groups is 1. The van der Waals surface area contributed by atoms with Gasteiger partial charge in [-0.3, -0.25) is 4.99 Å². The summed E-state index contributed by atoms with van der Waals surface area (Å²) in [5.41, 5.74) is 0.786. The lowest BCUT2D eigenvalue weighted by atomic mass is 10.1. The number of benzene rings is 1. The maximum atomic E-state index is 13.6. The molecule has 0 aliphatic heterocycles. The Balaban J connectivity index is 2.54. The zero-order chi connectivity index (χ0) is 14.9. The van der Waals surface area contributed by atoms with Gasteiger partial charge >= 0.3 is 0 Å². The van der Waals surface area contributed by atoms with E-state index < -0.39 is 40.5 Å². The van der Waals surface area contributed by atoms with Crippen LogP contribution in [0.5, 0.6) is 0 Å². The van der Waals surface area contributed by atoms with Gasteiger partial charge in [0, 0.05) is 0 Å². The van der Waals surface area contributed by atoms with Gasteiger partial charge in [-0.1, -0.05) is 12.8 Å². The maximum absolute atomic E-state index is 13.6. The molecule has 8 heteroatoms. The quantitative estimate of drug-likeness (QED) is 0.167. The molecule has 1 saturated carbocycles. The van der Waals surface area contributed by atoms with Gasteiger partial charge in [-0.05, 0) is 12.8 Å². The smallest absolute Gasteiger partial charge is 0.200 e. The first-order chi connectivity index (χ1) is 9.47. The lowest BCUT2D eigenvalue weighted by Gasteiger charge is -2.12. The van der Waals surface area contributed by atoms with Crippen molar-refractivity contribution in [3.8, 4) is 0 Å². The van der Waals surface area contributed by atoms with Gasteiger partial charge in [-0.25, -0.2) is 27.8 Å². The van der Waals surface area contributed by atoms with Gasteiger partial charge in [0.25, 0.3) is 0 Å². The van der Waals surface area contributed by atoms with Gasteiger partial charge in [0.2, 0.25) is 5.82 Å². The number of nitrogens with zero attached hydrogens (tertiary/aromatic N) is 1. The Hall–Kier alpha value is -1.70. The summed E-state index contributed by atoms with van der Waals surface area (Å²) in [5.74, 6) is -5.57. The van der Waals surface area contributed by atoms with Gasteiger partial charge in [-0.2, -0.15) is 0 Å². The molecule has 2 rings (SSSR count). The predicted octanol–water partition coefficient (Wildman–Crippen LogP) is 2.53. The third kappa shape index (κ3) is 2.47. The number of aliphatic imine (C=N–C) groups is 1. The average Bonchev–Trinajstić information content (AvgIpc) is 2.95. The third-order valence-corrected chi connectivity index (χ3v) is 3.22. The van der Waals surface area contributed by atoms with E-state index in [1.807, 2.05) is 5.43 Å². The molecule has 0 unspecified atom stereocenters. The monoisotopic (exact) mass is 293 g/mol. The SMILES string of the molecule is NNC(=NC1CCCC1)c1c(F)c(F)c(F)c(F)c1F. The maximum Gasteiger partial charge on any atom is 0.200 e. The fourth-order valence-corrected chi connectivity index (χ4v) is 2.20. The second-order valence-corrected chi connectivity index (χ2v) is 4.51. The molecule has 3 N–H and O–H groups in total. The molecule has 1 aliphatic rings. The van der Waals surface area contributed by atoms with Gasteiger partial charge < -0.3 is 5.43 Å². The van der Waals surface area contributed by atoms with E-state index in [0.717, 1.165) is 12.8 Å². The van der Waals surface area contributed by atoms with Crippen LogP contribution in [0.3, 0.4) is 0 Å². The van der Waals surface area contributed by atoms with E-state index in [9.17, 15) is 22.0 Å². The number of nitrogens with two attached hydrogens (primary N) is 1. The van der Waals surface area contributed by atoms with Crippen LogP contribution in [0.15, 0.2) is 4.99 Å². The summed E-state index contributed by atoms with van der Waals surface area (Å²) < 4.78 is 66.4. The summed E-state index contributed by atoms with van der Waals surface area (Å²) in [4.78, 5) is 3.94. The van der Waals surface area contributed by atoms with Crippen molar-refractivity contribution in [2.24, 2.45) is 10.8 Å². The first kappa shape index (κ1) is 14.7. The van der Waals surface area contributed by atoms with Crippen LogP contribution >= 0.6 is 0 Å². The molecule has 0 saturated heterocycles. The number of hydrogen-bond donors (Lipinski definition) is 2. The van der Waals surface area contributed by atoms with Crippen molar-refractivity contribution in [3.05, 3.63) is 34.6 Å². The Morgan fingerprint density at radius 1 is 0.900 bits per heavy atom. The predicted molar refractivity (Wildman–Crippen MR) is 62.3 cm³/mol. The molecule has 0 atom stereocenters. The lowest BCUT2D eigenvalue weighted by Crippen LogP contribution is -2.34. The van der Waals surface area contributed by atoms with Crippen molar-refractivity contribution in [2.45, 2.75) is 31.7 Å². The van der Waals surface area contributed by atoms with E-state index in [0.29, 0.717) is 12.8 Å². The molecule has 1 aromatic rings. The average molecular weight is 293 g/mol. The van der Waals surface area contributed by atoms with Crippen molar-refractivity contribution < 1.29 is 22.0 Å². The van der Waals surface area contributed by atoms with E-state index in [1.54, 1.807) is 0 Å². The minimum Gasteiger partial charge on any atom is -0.308 e. The topological polar surface area (TPSA) is 50.4 Å². The number of halogens is 5. The minimum atomic E-state index is -2.21. The summed E-state index contributed by atoms with van der Waals surface area (Å²) >= 11 is 0. The highest BCUT2D eigenvalue weighted by atomic mass is 19.2. The summed E-state index contributed by atoms with van der Waals surface area (Å²) in [6.45, 7) is 0. The first-order valence-electron chi connectivity index (χ1n) is 6.03. The van der Waals surface area contributed by atoms with Gasteiger partial charge in [0.05, 0.1) is 11.6 Å². The second-order valence-electron chi connectivity index (χ2n) is 4.51. The minimum absolute atomic E-state index is 0.240. The third-order valence-electron chi connectivity index (χ3n) is 3.22. The number of nitrogens with one attached hydrogen (secondary N) is 1. The number of amidine groups is 1. The number of hydrogen-bond acceptors (Lipinski definition) is 2. The Kier molecular flexibility index (Phi) is 4.22. The van der Waals surface area contributed by atoms with Crippen molar-refractivity contribution >= 4 is 5.84 Å². The van der Waals surface area contributed by atoms with Gasteiger partial charge in [-0.15, -0.1) is 0 Å². The van der Waals surface area contributed by atoms with Crippen LogP contribution in [0.1, 0.15) is 31.2 Å². The summed E-state index contributed by atoms with van der Waals surface area (Å²) in [7, 11) is 0. The highest BCUT2D eigenvalue weighted by molar-refractivity contribution is 5.99. The van der Waals surface area contributed by atoms with Gasteiger partial charge in [0.1, 0.15) is 5.84 Å². The molecular formula is C12H12F5N3. The molecule has 0 heterocycles. The van der Waals surface area contributed by atoms with Crippen LogP contribution in [0.2, 0.25) is 0 Å². The summed E-state index contributed by atoms with van der Waals surface area (Å²) in [6, 6.07) is -0.240. The molecule has 110 valence electrons. The van der Waals surface area contributed by atoms with E-state index >= 15 is 0 Å². The molecule has 0 spiro atoms. The van der Waals surface area contributed by atoms with Gasteiger partial charge in [0.15, 0.2) is 23.3 Å². The van der Waals surface area contributed by atoms with E-state index in [1.165, 1.54) is 0 Å².